The van der Waals surface area contributed by atoms with Crippen LogP contribution in [0.3, 0.4) is 0 Å². The number of carbonyl (C=O) groups excluding carboxylic acids is 1. The molecule has 4 unspecified atom stereocenters. The zero-order valence-electron chi connectivity index (χ0n) is 20.1. The maximum Gasteiger partial charge on any atom is 0.302 e. The zero-order chi connectivity index (χ0) is 22.9. The summed E-state index contributed by atoms with van der Waals surface area (Å²) in [5.74, 6) is 3.46. The van der Waals surface area contributed by atoms with Crippen LogP contribution >= 0.6 is 0 Å². The van der Waals surface area contributed by atoms with Crippen molar-refractivity contribution in [1.29, 1.82) is 0 Å². The Bertz CT molecular complexity index is 896. The van der Waals surface area contributed by atoms with E-state index in [0.29, 0.717) is 41.4 Å². The van der Waals surface area contributed by atoms with Crippen molar-refractivity contribution in [3.05, 3.63) is 12.2 Å². The summed E-state index contributed by atoms with van der Waals surface area (Å²) in [7, 11) is -3.45. The van der Waals surface area contributed by atoms with Crippen LogP contribution in [-0.4, -0.2) is 32.9 Å². The molecule has 5 aliphatic carbocycles. The van der Waals surface area contributed by atoms with Crippen LogP contribution in [0.4, 0.5) is 0 Å². The van der Waals surface area contributed by atoms with E-state index >= 15 is 0 Å². The first-order valence-corrected chi connectivity index (χ1v) is 14.6. The molecule has 6 heteroatoms. The molecule has 4 saturated carbocycles. The van der Waals surface area contributed by atoms with Crippen molar-refractivity contribution in [3.8, 4) is 0 Å². The van der Waals surface area contributed by atoms with Crippen molar-refractivity contribution < 1.29 is 22.1 Å². The van der Waals surface area contributed by atoms with Gasteiger partial charge in [0.15, 0.2) is 0 Å². The quantitative estimate of drug-likeness (QED) is 0.330. The molecule has 0 radical (unpaired) electrons. The highest BCUT2D eigenvalue weighted by molar-refractivity contribution is 7.86. The molecule has 180 valence electrons. The molecule has 5 aliphatic rings. The molecule has 0 heterocycles. The largest absolute Gasteiger partial charge is 0.463 e. The summed E-state index contributed by atoms with van der Waals surface area (Å²) in [6, 6.07) is 0. The van der Waals surface area contributed by atoms with Crippen molar-refractivity contribution in [2.24, 2.45) is 46.3 Å². The summed E-state index contributed by atoms with van der Waals surface area (Å²) in [4.78, 5) is 11.5. The molecule has 0 aromatic heterocycles. The van der Waals surface area contributed by atoms with Crippen LogP contribution in [0, 0.1) is 46.3 Å². The second kappa shape index (κ2) is 7.83. The Labute approximate surface area is 193 Å². The minimum Gasteiger partial charge on any atom is -0.463 e. The first kappa shape index (κ1) is 22.9. The van der Waals surface area contributed by atoms with Crippen molar-refractivity contribution >= 4 is 16.1 Å². The summed E-state index contributed by atoms with van der Waals surface area (Å²) in [5.41, 5.74) is 0.437. The van der Waals surface area contributed by atoms with Gasteiger partial charge < -0.3 is 4.74 Å². The van der Waals surface area contributed by atoms with E-state index in [2.05, 4.69) is 26.0 Å². The van der Waals surface area contributed by atoms with Gasteiger partial charge in [0.1, 0.15) is 6.10 Å². The third-order valence-electron chi connectivity index (χ3n) is 10.5. The molecule has 5 nitrogen and oxygen atoms in total. The van der Waals surface area contributed by atoms with Gasteiger partial charge in [-0.25, -0.2) is 0 Å². The molecular weight excluding hydrogens is 424 g/mol. The molecule has 0 aromatic carbocycles. The maximum atomic E-state index is 12.0. The zero-order valence-corrected chi connectivity index (χ0v) is 20.9. The molecule has 1 spiro atoms. The number of esters is 1. The van der Waals surface area contributed by atoms with Crippen LogP contribution in [0.15, 0.2) is 12.2 Å². The van der Waals surface area contributed by atoms with E-state index < -0.39 is 10.1 Å². The Morgan fingerprint density at radius 1 is 1.06 bits per heavy atom. The highest BCUT2D eigenvalue weighted by Crippen LogP contribution is 2.70. The molecule has 0 bridgehead atoms. The lowest BCUT2D eigenvalue weighted by Gasteiger charge is -2.62. The van der Waals surface area contributed by atoms with Crippen molar-refractivity contribution in [3.63, 3.8) is 0 Å². The summed E-state index contributed by atoms with van der Waals surface area (Å²) in [5, 5.41) is 0. The number of carbonyl (C=O) groups is 1. The lowest BCUT2D eigenvalue weighted by molar-refractivity contribution is -0.161. The molecule has 0 saturated heterocycles. The highest BCUT2D eigenvalue weighted by Gasteiger charge is 2.64. The SMILES string of the molecule is CC(=O)O[C@@H]1CC[C@]2(C)C3CC[C@]45C=CCC(OS(C)(=O)=O)[C@H]4C[C@@H](C)C5C3CC[C@H]2C1. The van der Waals surface area contributed by atoms with E-state index in [0.717, 1.165) is 38.0 Å². The third kappa shape index (κ3) is 3.59. The van der Waals surface area contributed by atoms with Gasteiger partial charge in [0.05, 0.1) is 12.4 Å². The number of allylic oxidation sites excluding steroid dienone is 1. The van der Waals surface area contributed by atoms with Gasteiger partial charge in [0.25, 0.3) is 10.1 Å². The Morgan fingerprint density at radius 2 is 1.84 bits per heavy atom. The number of rotatable bonds is 3. The average molecular weight is 465 g/mol. The second-order valence-corrected chi connectivity index (χ2v) is 13.6. The second-order valence-electron chi connectivity index (χ2n) is 12.0. The lowest BCUT2D eigenvalue weighted by atomic mass is 9.43. The molecule has 0 amide bonds. The molecule has 0 aliphatic heterocycles. The summed E-state index contributed by atoms with van der Waals surface area (Å²) in [6.45, 7) is 6.46. The standard InChI is InChI=1S/C26H40O5S/c1-16-14-22-23(31-32(4,28)29)6-5-11-26(22)13-10-21-20(24(16)26)8-7-18-15-19(30-17(2)27)9-12-25(18,21)3/h5,11,16,18-24H,6-10,12-15H2,1-4H3/t16-,18+,19-,20?,21?,22-,23?,24?,25+,26-/m1/s1. The predicted octanol–water partition coefficient (Wildman–Crippen LogP) is 5.11. The molecule has 0 aromatic rings. The fourth-order valence-corrected chi connectivity index (χ4v) is 10.2. The normalized spacial score (nSPS) is 50.0. The van der Waals surface area contributed by atoms with E-state index in [9.17, 15) is 13.2 Å². The maximum absolute atomic E-state index is 12.0. The Morgan fingerprint density at radius 3 is 2.56 bits per heavy atom. The Balaban J connectivity index is 1.40. The fourth-order valence-electron chi connectivity index (χ4n) is 9.57. The van der Waals surface area contributed by atoms with E-state index in [1.807, 2.05) is 0 Å². The summed E-state index contributed by atoms with van der Waals surface area (Å²) in [6.07, 6.45) is 15.6. The third-order valence-corrected chi connectivity index (χ3v) is 11.1. The summed E-state index contributed by atoms with van der Waals surface area (Å²) >= 11 is 0. The van der Waals surface area contributed by atoms with Gasteiger partial charge >= 0.3 is 5.97 Å². The Kier molecular flexibility index (Phi) is 5.60. The number of ether oxygens (including phenoxy) is 1. The van der Waals surface area contributed by atoms with E-state index in [-0.39, 0.29) is 23.6 Å². The lowest BCUT2D eigenvalue weighted by Crippen LogP contribution is -2.56. The van der Waals surface area contributed by atoms with Gasteiger partial charge in [-0.2, -0.15) is 8.42 Å². The van der Waals surface area contributed by atoms with Crippen molar-refractivity contribution in [1.82, 2.24) is 0 Å². The fraction of sp³-hybridized carbons (Fsp3) is 0.885. The Hall–Kier alpha value is -0.880. The smallest absolute Gasteiger partial charge is 0.302 e. The molecule has 4 fully saturated rings. The minimum atomic E-state index is -3.45. The van der Waals surface area contributed by atoms with Crippen LogP contribution in [0.25, 0.3) is 0 Å². The molecule has 32 heavy (non-hydrogen) atoms. The number of hydrogen-bond acceptors (Lipinski definition) is 5. The first-order valence-electron chi connectivity index (χ1n) is 12.8. The molecular formula is C26H40O5S. The minimum absolute atomic E-state index is 0.0991. The van der Waals surface area contributed by atoms with Gasteiger partial charge in [0.2, 0.25) is 0 Å². The van der Waals surface area contributed by atoms with Gasteiger partial charge in [-0.1, -0.05) is 26.0 Å². The van der Waals surface area contributed by atoms with Gasteiger partial charge in [-0.05, 0) is 104 Å². The summed E-state index contributed by atoms with van der Waals surface area (Å²) < 4.78 is 35.2. The van der Waals surface area contributed by atoms with Gasteiger partial charge in [0, 0.05) is 6.92 Å². The number of hydrogen-bond donors (Lipinski definition) is 0. The highest BCUT2D eigenvalue weighted by atomic mass is 32.2. The molecule has 5 rings (SSSR count). The van der Waals surface area contributed by atoms with Crippen LogP contribution in [0.1, 0.15) is 78.6 Å². The predicted molar refractivity (Wildman–Crippen MR) is 123 cm³/mol. The van der Waals surface area contributed by atoms with Gasteiger partial charge in [-0.3, -0.25) is 8.98 Å². The van der Waals surface area contributed by atoms with Crippen molar-refractivity contribution in [2.45, 2.75) is 90.8 Å². The van der Waals surface area contributed by atoms with Gasteiger partial charge in [-0.15, -0.1) is 0 Å². The average Bonchev–Trinajstić information content (AvgIpc) is 3.00. The van der Waals surface area contributed by atoms with E-state index in [4.69, 9.17) is 8.92 Å². The first-order chi connectivity index (χ1) is 15.0. The molecule has 10 atom stereocenters. The van der Waals surface area contributed by atoms with Crippen LogP contribution < -0.4 is 0 Å². The van der Waals surface area contributed by atoms with Crippen LogP contribution in [-0.2, 0) is 23.8 Å². The van der Waals surface area contributed by atoms with Crippen LogP contribution in [0.5, 0.6) is 0 Å². The topological polar surface area (TPSA) is 69.7 Å². The van der Waals surface area contributed by atoms with Crippen LogP contribution in [0.2, 0.25) is 0 Å². The van der Waals surface area contributed by atoms with E-state index in [1.165, 1.54) is 32.4 Å². The van der Waals surface area contributed by atoms with E-state index in [1.54, 1.807) is 0 Å². The number of fused-ring (bicyclic) bond motifs is 4. The van der Waals surface area contributed by atoms with Crippen molar-refractivity contribution in [2.75, 3.05) is 6.26 Å². The molecule has 0 N–H and O–H groups in total. The monoisotopic (exact) mass is 464 g/mol.